The molecule has 0 bridgehead atoms. The summed E-state index contributed by atoms with van der Waals surface area (Å²) in [5, 5.41) is 2.34. The predicted molar refractivity (Wildman–Crippen MR) is 81.5 cm³/mol. The van der Waals surface area contributed by atoms with Gasteiger partial charge >= 0.3 is 6.09 Å². The number of carbonyl (C=O) groups is 1. The summed E-state index contributed by atoms with van der Waals surface area (Å²) in [7, 11) is 1.41. The van der Waals surface area contributed by atoms with Gasteiger partial charge in [0.1, 0.15) is 5.76 Å². The first-order chi connectivity index (χ1) is 11.2. The lowest BCUT2D eigenvalue weighted by Crippen LogP contribution is -2.52. The molecule has 0 aliphatic carbocycles. The molecule has 2 aliphatic rings. The van der Waals surface area contributed by atoms with Crippen molar-refractivity contribution in [2.45, 2.75) is 24.8 Å². The molecule has 0 aromatic carbocycles. The van der Waals surface area contributed by atoms with Crippen molar-refractivity contribution in [3.63, 3.8) is 0 Å². The molecule has 2 aliphatic heterocycles. The van der Waals surface area contributed by atoms with Crippen LogP contribution < -0.4 is 5.56 Å². The lowest BCUT2D eigenvalue weighted by Gasteiger charge is -2.41. The lowest BCUT2D eigenvalue weighted by atomic mass is 9.88. The van der Waals surface area contributed by atoms with E-state index in [-0.39, 0.29) is 23.6 Å². The van der Waals surface area contributed by atoms with Crippen LogP contribution in [-0.4, -0.2) is 73.6 Å². The lowest BCUT2D eigenvalue weighted by molar-refractivity contribution is 0.0139. The van der Waals surface area contributed by atoms with Gasteiger partial charge in [0.25, 0.3) is 5.56 Å². The third-order valence-corrected chi connectivity index (χ3v) is 4.64. The topological polar surface area (TPSA) is 88.0 Å². The van der Waals surface area contributed by atoms with Gasteiger partial charge in [-0.15, -0.1) is 0 Å². The van der Waals surface area contributed by atoms with Gasteiger partial charge < -0.3 is 18.9 Å². The Morgan fingerprint density at radius 3 is 2.83 bits per heavy atom. The van der Waals surface area contributed by atoms with Crippen LogP contribution in [0.1, 0.15) is 24.5 Å². The van der Waals surface area contributed by atoms with Crippen molar-refractivity contribution in [3.05, 3.63) is 22.2 Å². The summed E-state index contributed by atoms with van der Waals surface area (Å²) >= 11 is 0. The second kappa shape index (κ2) is 7.18. The Bertz CT molecular complexity index is 578. The Labute approximate surface area is 134 Å². The van der Waals surface area contributed by atoms with E-state index in [0.717, 1.165) is 45.7 Å². The Kier molecular flexibility index (Phi) is 5.02. The predicted octanol–water partition coefficient (Wildman–Crippen LogP) is 0.615. The largest absolute Gasteiger partial charge is 0.453 e. The van der Waals surface area contributed by atoms with Crippen LogP contribution in [0, 0.1) is 0 Å². The molecule has 23 heavy (non-hydrogen) atoms. The minimum atomic E-state index is -0.294. The van der Waals surface area contributed by atoms with Gasteiger partial charge in [0.15, 0.2) is 0 Å². The molecular weight excluding hydrogens is 302 g/mol. The number of nitrogens with zero attached hydrogens (tertiary/aromatic N) is 2. The van der Waals surface area contributed by atoms with E-state index in [1.165, 1.54) is 13.2 Å². The number of hydrogen-bond acceptors (Lipinski definition) is 6. The van der Waals surface area contributed by atoms with Crippen molar-refractivity contribution in [1.82, 2.24) is 15.0 Å². The summed E-state index contributed by atoms with van der Waals surface area (Å²) in [6.45, 7) is 4.57. The monoisotopic (exact) mass is 325 g/mol. The van der Waals surface area contributed by atoms with E-state index >= 15 is 0 Å². The second-order valence-corrected chi connectivity index (χ2v) is 6.07. The number of hydrogen-bond donors (Lipinski definition) is 1. The molecular formula is C15H23N3O5. The summed E-state index contributed by atoms with van der Waals surface area (Å²) in [4.78, 5) is 27.4. The van der Waals surface area contributed by atoms with Gasteiger partial charge in [0, 0.05) is 44.2 Å². The molecule has 0 spiro atoms. The minimum Gasteiger partial charge on any atom is -0.453 e. The van der Waals surface area contributed by atoms with Crippen LogP contribution in [0.2, 0.25) is 0 Å². The molecule has 0 saturated carbocycles. The molecule has 0 radical (unpaired) electrons. The number of piperidine rings is 1. The highest BCUT2D eigenvalue weighted by Crippen LogP contribution is 2.31. The van der Waals surface area contributed by atoms with Crippen LogP contribution in [0.25, 0.3) is 0 Å². The zero-order chi connectivity index (χ0) is 16.2. The van der Waals surface area contributed by atoms with Crippen LogP contribution in [-0.2, 0) is 9.47 Å². The molecule has 1 aromatic heterocycles. The van der Waals surface area contributed by atoms with E-state index < -0.39 is 0 Å². The number of aromatic amines is 1. The quantitative estimate of drug-likeness (QED) is 0.876. The van der Waals surface area contributed by atoms with Crippen LogP contribution in [0.15, 0.2) is 15.4 Å². The normalized spacial score (nSPS) is 26.2. The van der Waals surface area contributed by atoms with E-state index in [4.69, 9.17) is 14.0 Å². The first-order valence-electron chi connectivity index (χ1n) is 8.00. The fraction of sp³-hybridized carbons (Fsp3) is 0.733. The first kappa shape index (κ1) is 16.1. The molecule has 1 amide bonds. The zero-order valence-corrected chi connectivity index (χ0v) is 13.3. The fourth-order valence-electron chi connectivity index (χ4n) is 3.42. The number of carbonyl (C=O) groups excluding carboxylic acids is 1. The third kappa shape index (κ3) is 3.76. The maximum atomic E-state index is 12.0. The molecule has 128 valence electrons. The standard InChI is InChI=1S/C15H23N3O5/c1-21-15(20)18-3-2-11(13-9-14(19)16-23-13)8-12(18)10-17-4-6-22-7-5-17/h9,11-12H,2-8,10H2,1H3,(H,16,19)/t11-,12+/m0/s1. The Morgan fingerprint density at radius 1 is 1.39 bits per heavy atom. The number of aromatic nitrogens is 1. The maximum absolute atomic E-state index is 12.0. The van der Waals surface area contributed by atoms with Gasteiger partial charge in [-0.05, 0) is 12.8 Å². The molecule has 3 rings (SSSR count). The second-order valence-electron chi connectivity index (χ2n) is 6.07. The summed E-state index contributed by atoms with van der Waals surface area (Å²) in [6.07, 6.45) is 1.22. The smallest absolute Gasteiger partial charge is 0.409 e. The summed E-state index contributed by atoms with van der Waals surface area (Å²) in [5.41, 5.74) is -0.222. The Morgan fingerprint density at radius 2 is 2.17 bits per heavy atom. The SMILES string of the molecule is COC(=O)N1CC[C@H](c2cc(=O)[nH]o2)C[C@@H]1CN1CCOCC1. The van der Waals surface area contributed by atoms with Crippen LogP contribution >= 0.6 is 0 Å². The van der Waals surface area contributed by atoms with E-state index in [1.54, 1.807) is 4.90 Å². The van der Waals surface area contributed by atoms with Crippen LogP contribution in [0.4, 0.5) is 4.79 Å². The molecule has 1 N–H and O–H groups in total. The summed E-state index contributed by atoms with van der Waals surface area (Å²) < 4.78 is 15.6. The number of likely N-dealkylation sites (tertiary alicyclic amines) is 1. The maximum Gasteiger partial charge on any atom is 0.409 e. The zero-order valence-electron chi connectivity index (χ0n) is 13.3. The number of rotatable bonds is 3. The van der Waals surface area contributed by atoms with Crippen molar-refractivity contribution < 1.29 is 18.8 Å². The van der Waals surface area contributed by atoms with Crippen LogP contribution in [0.3, 0.4) is 0 Å². The van der Waals surface area contributed by atoms with Crippen molar-refractivity contribution >= 4 is 6.09 Å². The first-order valence-corrected chi connectivity index (χ1v) is 8.00. The van der Waals surface area contributed by atoms with Gasteiger partial charge in [0.2, 0.25) is 0 Å². The number of H-pyrrole nitrogens is 1. The molecule has 8 heteroatoms. The van der Waals surface area contributed by atoms with Gasteiger partial charge in [-0.2, -0.15) is 5.16 Å². The molecule has 3 heterocycles. The van der Waals surface area contributed by atoms with Gasteiger partial charge in [-0.1, -0.05) is 0 Å². The van der Waals surface area contributed by atoms with Crippen molar-refractivity contribution in [2.24, 2.45) is 0 Å². The molecule has 2 saturated heterocycles. The van der Waals surface area contributed by atoms with Crippen LogP contribution in [0.5, 0.6) is 0 Å². The van der Waals surface area contributed by atoms with E-state index in [0.29, 0.717) is 12.3 Å². The molecule has 0 unspecified atom stereocenters. The van der Waals surface area contributed by atoms with Gasteiger partial charge in [-0.3, -0.25) is 9.69 Å². The number of amides is 1. The van der Waals surface area contributed by atoms with Crippen molar-refractivity contribution in [1.29, 1.82) is 0 Å². The molecule has 1 aromatic rings. The Balaban J connectivity index is 1.71. The minimum absolute atomic E-state index is 0.0412. The average molecular weight is 325 g/mol. The Hall–Kier alpha value is -1.80. The molecule has 2 atom stereocenters. The van der Waals surface area contributed by atoms with E-state index in [1.807, 2.05) is 0 Å². The van der Waals surface area contributed by atoms with E-state index in [9.17, 15) is 9.59 Å². The third-order valence-electron chi connectivity index (χ3n) is 4.64. The van der Waals surface area contributed by atoms with Crippen molar-refractivity contribution in [2.75, 3.05) is 46.5 Å². The van der Waals surface area contributed by atoms with Gasteiger partial charge in [0.05, 0.1) is 20.3 Å². The fourth-order valence-corrected chi connectivity index (χ4v) is 3.42. The number of morpholine rings is 1. The highest BCUT2D eigenvalue weighted by Gasteiger charge is 2.35. The average Bonchev–Trinajstić information content (AvgIpc) is 3.01. The van der Waals surface area contributed by atoms with E-state index in [2.05, 4.69) is 10.1 Å². The number of ether oxygens (including phenoxy) is 2. The summed E-state index contributed by atoms with van der Waals surface area (Å²) in [6, 6.07) is 1.55. The number of methoxy groups -OCH3 is 1. The highest BCUT2D eigenvalue weighted by molar-refractivity contribution is 5.68. The van der Waals surface area contributed by atoms with Gasteiger partial charge in [-0.25, -0.2) is 4.79 Å². The number of nitrogens with one attached hydrogen (secondary N) is 1. The summed E-state index contributed by atoms with van der Waals surface area (Å²) in [5.74, 6) is 0.812. The van der Waals surface area contributed by atoms with Crippen molar-refractivity contribution in [3.8, 4) is 0 Å². The highest BCUT2D eigenvalue weighted by atomic mass is 16.5. The molecule has 8 nitrogen and oxygen atoms in total. The molecule has 2 fully saturated rings.